The second-order valence-electron chi connectivity index (χ2n) is 5.02. The van der Waals surface area contributed by atoms with Crippen LogP contribution in [0.25, 0.3) is 0 Å². The highest BCUT2D eigenvalue weighted by molar-refractivity contribution is 6.20. The summed E-state index contributed by atoms with van der Waals surface area (Å²) in [5.41, 5.74) is 1.21. The molecule has 1 saturated carbocycles. The second kappa shape index (κ2) is 6.33. The van der Waals surface area contributed by atoms with E-state index in [4.69, 9.17) is 21.1 Å². The number of ether oxygens (including phenoxy) is 2. The summed E-state index contributed by atoms with van der Waals surface area (Å²) >= 11 is 6.42. The van der Waals surface area contributed by atoms with E-state index in [2.05, 4.69) is 6.07 Å². The zero-order chi connectivity index (χ0) is 13.0. The van der Waals surface area contributed by atoms with Crippen LogP contribution >= 0.6 is 11.6 Å². The molecule has 0 bridgehead atoms. The van der Waals surface area contributed by atoms with Crippen molar-refractivity contribution in [3.8, 4) is 11.5 Å². The predicted molar refractivity (Wildman–Crippen MR) is 74.8 cm³/mol. The third-order valence-electron chi connectivity index (χ3n) is 3.72. The number of alkyl halides is 1. The van der Waals surface area contributed by atoms with Crippen molar-refractivity contribution in [1.82, 2.24) is 0 Å². The summed E-state index contributed by atoms with van der Waals surface area (Å²) in [6, 6.07) is 6.04. The van der Waals surface area contributed by atoms with Gasteiger partial charge in [0, 0.05) is 5.38 Å². The van der Waals surface area contributed by atoms with Gasteiger partial charge in [0.2, 0.25) is 0 Å². The summed E-state index contributed by atoms with van der Waals surface area (Å²) in [5, 5.41) is 0.230. The van der Waals surface area contributed by atoms with Crippen molar-refractivity contribution < 1.29 is 9.47 Å². The van der Waals surface area contributed by atoms with Gasteiger partial charge in [0.25, 0.3) is 0 Å². The standard InChI is InChI=1S/C15H21ClO2/c1-17-14-7-6-12(10-15(14)18-2)9-13(16)8-11-4-3-5-11/h6-7,10-11,13H,3-5,8-9H2,1-2H3. The molecule has 100 valence electrons. The van der Waals surface area contributed by atoms with Crippen molar-refractivity contribution in [2.45, 2.75) is 37.5 Å². The number of benzene rings is 1. The highest BCUT2D eigenvalue weighted by atomic mass is 35.5. The van der Waals surface area contributed by atoms with Crippen LogP contribution in [-0.4, -0.2) is 19.6 Å². The third-order valence-corrected chi connectivity index (χ3v) is 4.05. The smallest absolute Gasteiger partial charge is 0.160 e. The van der Waals surface area contributed by atoms with Crippen molar-refractivity contribution in [2.75, 3.05) is 14.2 Å². The van der Waals surface area contributed by atoms with Crippen molar-refractivity contribution in [1.29, 1.82) is 0 Å². The lowest BCUT2D eigenvalue weighted by atomic mass is 9.81. The summed E-state index contributed by atoms with van der Waals surface area (Å²) in [7, 11) is 3.31. The van der Waals surface area contributed by atoms with Crippen LogP contribution in [0.2, 0.25) is 0 Å². The van der Waals surface area contributed by atoms with Crippen molar-refractivity contribution >= 4 is 11.6 Å². The Morgan fingerprint density at radius 2 is 1.94 bits per heavy atom. The Kier molecular flexibility index (Phi) is 4.76. The van der Waals surface area contributed by atoms with E-state index in [1.165, 1.54) is 24.8 Å². The molecule has 0 saturated heterocycles. The lowest BCUT2D eigenvalue weighted by Gasteiger charge is -2.27. The molecule has 1 aliphatic carbocycles. The van der Waals surface area contributed by atoms with Crippen LogP contribution in [0.1, 0.15) is 31.2 Å². The molecule has 1 aromatic rings. The maximum atomic E-state index is 6.42. The molecule has 0 aromatic heterocycles. The second-order valence-corrected chi connectivity index (χ2v) is 5.64. The van der Waals surface area contributed by atoms with Crippen molar-refractivity contribution in [3.63, 3.8) is 0 Å². The first-order valence-electron chi connectivity index (χ1n) is 6.58. The van der Waals surface area contributed by atoms with Gasteiger partial charge in [0.05, 0.1) is 14.2 Å². The zero-order valence-corrected chi connectivity index (χ0v) is 11.9. The molecule has 18 heavy (non-hydrogen) atoms. The van der Waals surface area contributed by atoms with E-state index in [1.807, 2.05) is 12.1 Å². The molecule has 0 N–H and O–H groups in total. The fourth-order valence-electron chi connectivity index (χ4n) is 2.44. The largest absolute Gasteiger partial charge is 0.493 e. The minimum absolute atomic E-state index is 0.230. The van der Waals surface area contributed by atoms with E-state index in [9.17, 15) is 0 Å². The first-order chi connectivity index (χ1) is 8.72. The molecule has 2 rings (SSSR count). The van der Waals surface area contributed by atoms with Gasteiger partial charge < -0.3 is 9.47 Å². The zero-order valence-electron chi connectivity index (χ0n) is 11.1. The molecule has 0 amide bonds. The number of hydrogen-bond acceptors (Lipinski definition) is 2. The highest BCUT2D eigenvalue weighted by Crippen LogP contribution is 2.33. The fourth-order valence-corrected chi connectivity index (χ4v) is 2.87. The topological polar surface area (TPSA) is 18.5 Å². The van der Waals surface area contributed by atoms with Gasteiger partial charge in [0.1, 0.15) is 0 Å². The van der Waals surface area contributed by atoms with Crippen LogP contribution in [0.15, 0.2) is 18.2 Å². The molecular formula is C15H21ClO2. The SMILES string of the molecule is COc1ccc(CC(Cl)CC2CCC2)cc1OC. The van der Waals surface area contributed by atoms with E-state index < -0.39 is 0 Å². The van der Waals surface area contributed by atoms with Crippen LogP contribution in [0, 0.1) is 5.92 Å². The van der Waals surface area contributed by atoms with Crippen LogP contribution in [-0.2, 0) is 6.42 Å². The molecule has 1 unspecified atom stereocenters. The van der Waals surface area contributed by atoms with E-state index in [-0.39, 0.29) is 5.38 Å². The van der Waals surface area contributed by atoms with E-state index in [0.29, 0.717) is 0 Å². The first-order valence-corrected chi connectivity index (χ1v) is 7.01. The fraction of sp³-hybridized carbons (Fsp3) is 0.600. The quantitative estimate of drug-likeness (QED) is 0.725. The van der Waals surface area contributed by atoms with E-state index in [1.54, 1.807) is 14.2 Å². The third kappa shape index (κ3) is 3.32. The Bertz CT molecular complexity index is 388. The van der Waals surface area contributed by atoms with Gasteiger partial charge in [-0.1, -0.05) is 25.3 Å². The molecule has 1 aromatic carbocycles. The average Bonchev–Trinajstić information content (AvgIpc) is 2.33. The molecule has 1 aliphatic rings. The number of rotatable bonds is 6. The Labute approximate surface area is 114 Å². The summed E-state index contributed by atoms with van der Waals surface area (Å²) in [6.07, 6.45) is 6.13. The average molecular weight is 269 g/mol. The van der Waals surface area contributed by atoms with E-state index in [0.717, 1.165) is 30.3 Å². The molecule has 0 spiro atoms. The Hall–Kier alpha value is -0.890. The molecule has 3 heteroatoms. The lowest BCUT2D eigenvalue weighted by molar-refractivity contribution is 0.292. The summed E-state index contributed by atoms with van der Waals surface area (Å²) in [6.45, 7) is 0. The highest BCUT2D eigenvalue weighted by Gasteiger charge is 2.21. The van der Waals surface area contributed by atoms with Crippen molar-refractivity contribution in [2.24, 2.45) is 5.92 Å². The minimum Gasteiger partial charge on any atom is -0.493 e. The van der Waals surface area contributed by atoms with E-state index >= 15 is 0 Å². The van der Waals surface area contributed by atoms with Gasteiger partial charge in [-0.15, -0.1) is 11.6 Å². The summed E-state index contributed by atoms with van der Waals surface area (Å²) < 4.78 is 10.5. The first kappa shape index (κ1) is 13.5. The monoisotopic (exact) mass is 268 g/mol. The van der Waals surface area contributed by atoms with Crippen LogP contribution in [0.4, 0.5) is 0 Å². The predicted octanol–water partition coefficient (Wildman–Crippen LogP) is 4.04. The van der Waals surface area contributed by atoms with Crippen LogP contribution in [0.5, 0.6) is 11.5 Å². The van der Waals surface area contributed by atoms with Gasteiger partial charge >= 0.3 is 0 Å². The van der Waals surface area contributed by atoms with Crippen LogP contribution in [0.3, 0.4) is 0 Å². The van der Waals surface area contributed by atoms with Crippen molar-refractivity contribution in [3.05, 3.63) is 23.8 Å². The Morgan fingerprint density at radius 3 is 2.50 bits per heavy atom. The van der Waals surface area contributed by atoms with Crippen LogP contribution < -0.4 is 9.47 Å². The van der Waals surface area contributed by atoms with Gasteiger partial charge in [-0.2, -0.15) is 0 Å². The maximum absolute atomic E-state index is 6.42. The van der Waals surface area contributed by atoms with Gasteiger partial charge in [-0.3, -0.25) is 0 Å². The van der Waals surface area contributed by atoms with Gasteiger partial charge in [0.15, 0.2) is 11.5 Å². The Morgan fingerprint density at radius 1 is 1.22 bits per heavy atom. The molecule has 0 heterocycles. The molecule has 0 radical (unpaired) electrons. The maximum Gasteiger partial charge on any atom is 0.160 e. The number of methoxy groups -OCH3 is 2. The summed E-state index contributed by atoms with van der Waals surface area (Å²) in [4.78, 5) is 0. The van der Waals surface area contributed by atoms with Gasteiger partial charge in [-0.05, 0) is 36.5 Å². The minimum atomic E-state index is 0.230. The molecule has 1 atom stereocenters. The molecule has 1 fully saturated rings. The summed E-state index contributed by atoms with van der Waals surface area (Å²) in [5.74, 6) is 2.40. The number of halogens is 1. The Balaban J connectivity index is 1.95. The molecule has 2 nitrogen and oxygen atoms in total. The lowest BCUT2D eigenvalue weighted by Crippen LogP contribution is -2.17. The molecule has 0 aliphatic heterocycles. The molecular weight excluding hydrogens is 248 g/mol. The number of hydrogen-bond donors (Lipinski definition) is 0. The normalized spacial score (nSPS) is 17.1. The van der Waals surface area contributed by atoms with Gasteiger partial charge in [-0.25, -0.2) is 0 Å².